The lowest BCUT2D eigenvalue weighted by atomic mass is 10.1. The molecule has 0 radical (unpaired) electrons. The summed E-state index contributed by atoms with van der Waals surface area (Å²) in [5.41, 5.74) is -0.124. The van der Waals surface area contributed by atoms with E-state index in [1.807, 2.05) is 6.92 Å². The van der Waals surface area contributed by atoms with Crippen molar-refractivity contribution in [3.05, 3.63) is 39.4 Å². The van der Waals surface area contributed by atoms with Gasteiger partial charge >= 0.3 is 0 Å². The summed E-state index contributed by atoms with van der Waals surface area (Å²) in [5.74, 6) is -1.43. The van der Waals surface area contributed by atoms with Crippen molar-refractivity contribution in [2.24, 2.45) is 0 Å². The van der Waals surface area contributed by atoms with Gasteiger partial charge < -0.3 is 10.6 Å². The number of hydrogen-bond acceptors (Lipinski definition) is 6. The van der Waals surface area contributed by atoms with E-state index >= 15 is 0 Å². The van der Waals surface area contributed by atoms with Crippen LogP contribution in [0.25, 0.3) is 0 Å². The van der Waals surface area contributed by atoms with Crippen molar-refractivity contribution in [3.8, 4) is 0 Å². The van der Waals surface area contributed by atoms with Crippen LogP contribution < -0.4 is 10.6 Å². The van der Waals surface area contributed by atoms with Crippen molar-refractivity contribution in [1.82, 2.24) is 15.5 Å². The highest BCUT2D eigenvalue weighted by molar-refractivity contribution is 6.21. The quantitative estimate of drug-likeness (QED) is 0.264. The second-order valence-corrected chi connectivity index (χ2v) is 6.30. The molecule has 0 aromatic heterocycles. The summed E-state index contributed by atoms with van der Waals surface area (Å²) in [4.78, 5) is 58.9. The molecule has 150 valence electrons. The molecule has 28 heavy (non-hydrogen) atoms. The summed E-state index contributed by atoms with van der Waals surface area (Å²) in [7, 11) is 0. The van der Waals surface area contributed by atoms with E-state index in [1.165, 1.54) is 12.1 Å². The average Bonchev–Trinajstić information content (AvgIpc) is 2.90. The Labute approximate surface area is 161 Å². The lowest BCUT2D eigenvalue weighted by molar-refractivity contribution is -0.384. The highest BCUT2D eigenvalue weighted by atomic mass is 16.6. The average molecular weight is 390 g/mol. The number of rotatable bonds is 10. The third-order valence-electron chi connectivity index (χ3n) is 4.20. The maximum absolute atomic E-state index is 12.3. The molecule has 1 aromatic rings. The fourth-order valence-corrected chi connectivity index (χ4v) is 2.80. The number of non-ortho nitro benzene ring substituents is 1. The van der Waals surface area contributed by atoms with E-state index in [2.05, 4.69) is 10.6 Å². The van der Waals surface area contributed by atoms with Crippen LogP contribution in [-0.4, -0.2) is 53.1 Å². The van der Waals surface area contributed by atoms with Gasteiger partial charge in [0.2, 0.25) is 11.8 Å². The second-order valence-electron chi connectivity index (χ2n) is 6.30. The van der Waals surface area contributed by atoms with Crippen molar-refractivity contribution in [3.63, 3.8) is 0 Å². The molecule has 0 bridgehead atoms. The van der Waals surface area contributed by atoms with Crippen molar-refractivity contribution in [2.45, 2.75) is 32.6 Å². The third kappa shape index (κ3) is 5.12. The van der Waals surface area contributed by atoms with E-state index in [0.29, 0.717) is 19.5 Å². The number of carbonyl (C=O) groups is 4. The van der Waals surface area contributed by atoms with Gasteiger partial charge in [0.05, 0.1) is 16.1 Å². The van der Waals surface area contributed by atoms with Crippen LogP contribution in [0.3, 0.4) is 0 Å². The van der Waals surface area contributed by atoms with Crippen LogP contribution in [0.15, 0.2) is 18.2 Å². The van der Waals surface area contributed by atoms with Crippen LogP contribution in [0.1, 0.15) is 53.3 Å². The molecule has 2 rings (SSSR count). The van der Waals surface area contributed by atoms with E-state index < -0.39 is 16.7 Å². The van der Waals surface area contributed by atoms with Crippen LogP contribution in [0.5, 0.6) is 0 Å². The zero-order valence-electron chi connectivity index (χ0n) is 15.5. The first-order chi connectivity index (χ1) is 13.3. The molecule has 0 aliphatic carbocycles. The largest absolute Gasteiger partial charge is 0.354 e. The molecule has 10 heteroatoms. The highest BCUT2D eigenvalue weighted by Gasteiger charge is 2.36. The molecule has 0 saturated heterocycles. The molecule has 0 atom stereocenters. The summed E-state index contributed by atoms with van der Waals surface area (Å²) < 4.78 is 0. The molecule has 0 spiro atoms. The van der Waals surface area contributed by atoms with Crippen LogP contribution in [-0.2, 0) is 9.59 Å². The summed E-state index contributed by atoms with van der Waals surface area (Å²) in [6, 6.07) is 3.54. The molecule has 1 heterocycles. The van der Waals surface area contributed by atoms with Gasteiger partial charge in [0, 0.05) is 44.6 Å². The number of carbonyl (C=O) groups excluding carboxylic acids is 4. The SMILES string of the molecule is CCCC(=O)NCCNC(=O)CCCN1C(=O)c2ccc([N+](=O)[O-])cc2C1=O. The molecule has 1 aliphatic heterocycles. The van der Waals surface area contributed by atoms with E-state index in [1.54, 1.807) is 0 Å². The third-order valence-corrected chi connectivity index (χ3v) is 4.20. The summed E-state index contributed by atoms with van der Waals surface area (Å²) >= 11 is 0. The van der Waals surface area contributed by atoms with Crippen molar-refractivity contribution < 1.29 is 24.1 Å². The maximum atomic E-state index is 12.3. The Morgan fingerprint density at radius 1 is 1.04 bits per heavy atom. The minimum Gasteiger partial charge on any atom is -0.354 e. The topological polar surface area (TPSA) is 139 Å². The molecule has 0 unspecified atom stereocenters. The van der Waals surface area contributed by atoms with Crippen LogP contribution >= 0.6 is 0 Å². The first kappa shape index (κ1) is 21.0. The molecule has 4 amide bonds. The predicted molar refractivity (Wildman–Crippen MR) is 98.6 cm³/mol. The molecule has 0 fully saturated rings. The van der Waals surface area contributed by atoms with Crippen LogP contribution in [0.2, 0.25) is 0 Å². The number of fused-ring (bicyclic) bond motifs is 1. The predicted octanol–water partition coefficient (Wildman–Crippen LogP) is 1.00. The number of hydrogen-bond donors (Lipinski definition) is 2. The maximum Gasteiger partial charge on any atom is 0.270 e. The van der Waals surface area contributed by atoms with E-state index in [9.17, 15) is 29.3 Å². The number of amides is 4. The fourth-order valence-electron chi connectivity index (χ4n) is 2.80. The highest BCUT2D eigenvalue weighted by Crippen LogP contribution is 2.26. The standard InChI is InChI=1S/C18H22N4O6/c1-2-4-15(23)19-8-9-20-16(24)5-3-10-21-17(25)13-7-6-12(22(27)28)11-14(13)18(21)26/h6-7,11H,2-5,8-10H2,1H3,(H,19,23)(H,20,24). The number of imide groups is 1. The van der Waals surface area contributed by atoms with Gasteiger partial charge in [0.15, 0.2) is 0 Å². The second kappa shape index (κ2) is 9.58. The lowest BCUT2D eigenvalue weighted by Crippen LogP contribution is -2.35. The van der Waals surface area contributed by atoms with Crippen molar-refractivity contribution >= 4 is 29.3 Å². The lowest BCUT2D eigenvalue weighted by Gasteiger charge is -2.13. The Hall–Kier alpha value is -3.30. The normalized spacial score (nSPS) is 12.7. The molecule has 1 aliphatic rings. The van der Waals surface area contributed by atoms with Gasteiger partial charge in [-0.1, -0.05) is 6.92 Å². The Morgan fingerprint density at radius 3 is 2.25 bits per heavy atom. The Balaban J connectivity index is 1.76. The molecular formula is C18H22N4O6. The van der Waals surface area contributed by atoms with Gasteiger partial charge in [0.1, 0.15) is 0 Å². The Bertz CT molecular complexity index is 807. The number of nitro groups is 1. The van der Waals surface area contributed by atoms with Crippen molar-refractivity contribution in [1.29, 1.82) is 0 Å². The van der Waals surface area contributed by atoms with Gasteiger partial charge in [-0.15, -0.1) is 0 Å². The minimum absolute atomic E-state index is 0.00599. The summed E-state index contributed by atoms with van der Waals surface area (Å²) in [6.07, 6.45) is 1.57. The minimum atomic E-state index is -0.629. The number of nitro benzene ring substituents is 1. The van der Waals surface area contributed by atoms with Crippen molar-refractivity contribution in [2.75, 3.05) is 19.6 Å². The Kier molecular flexibility index (Phi) is 7.19. The number of nitrogens with zero attached hydrogens (tertiary/aromatic N) is 2. The molecule has 10 nitrogen and oxygen atoms in total. The smallest absolute Gasteiger partial charge is 0.270 e. The fraction of sp³-hybridized carbons (Fsp3) is 0.444. The van der Waals surface area contributed by atoms with Gasteiger partial charge in [-0.05, 0) is 18.9 Å². The van der Waals surface area contributed by atoms with Crippen LogP contribution in [0.4, 0.5) is 5.69 Å². The monoisotopic (exact) mass is 390 g/mol. The van der Waals surface area contributed by atoms with E-state index in [0.717, 1.165) is 17.4 Å². The zero-order chi connectivity index (χ0) is 20.7. The summed E-state index contributed by atoms with van der Waals surface area (Å²) in [6.45, 7) is 2.57. The Morgan fingerprint density at radius 2 is 1.64 bits per heavy atom. The molecule has 0 saturated carbocycles. The summed E-state index contributed by atoms with van der Waals surface area (Å²) in [5, 5.41) is 16.1. The van der Waals surface area contributed by atoms with E-state index in [-0.39, 0.29) is 48.0 Å². The van der Waals surface area contributed by atoms with Gasteiger partial charge in [-0.25, -0.2) is 0 Å². The van der Waals surface area contributed by atoms with Gasteiger partial charge in [-0.3, -0.25) is 34.2 Å². The first-order valence-corrected chi connectivity index (χ1v) is 9.03. The van der Waals surface area contributed by atoms with Crippen LogP contribution in [0, 0.1) is 10.1 Å². The number of benzene rings is 1. The van der Waals surface area contributed by atoms with E-state index in [4.69, 9.17) is 0 Å². The zero-order valence-corrected chi connectivity index (χ0v) is 15.5. The van der Waals surface area contributed by atoms with Gasteiger partial charge in [-0.2, -0.15) is 0 Å². The molecule has 1 aromatic carbocycles. The van der Waals surface area contributed by atoms with Gasteiger partial charge in [0.25, 0.3) is 17.5 Å². The number of nitrogens with one attached hydrogen (secondary N) is 2. The molecule has 2 N–H and O–H groups in total. The molecular weight excluding hydrogens is 368 g/mol. The first-order valence-electron chi connectivity index (χ1n) is 9.03.